The number of nitrogens with one attached hydrogen (secondary N) is 3. The summed E-state index contributed by atoms with van der Waals surface area (Å²) >= 11 is 12.1. The standard InChI is InChI=1S/C17H18Cl2N4O/c18-13-4-3-5-14(17(13)19)21-16(24)12-22-8-10-23(11-9-22)15-6-1-2-7-20-15/h1-7H,8-12H2,(H,21,24)/p+2. The fourth-order valence-electron chi connectivity index (χ4n) is 2.84. The minimum Gasteiger partial charge on any atom is -0.321 e. The molecule has 2 heterocycles. The number of hydrogen-bond donors (Lipinski definition) is 2. The number of amides is 1. The van der Waals surface area contributed by atoms with Crippen LogP contribution in [0.3, 0.4) is 0 Å². The van der Waals surface area contributed by atoms with Crippen LogP contribution in [0.4, 0.5) is 11.5 Å². The second-order valence-electron chi connectivity index (χ2n) is 5.81. The zero-order valence-electron chi connectivity index (χ0n) is 13.2. The molecule has 1 aromatic heterocycles. The lowest BCUT2D eigenvalue weighted by Crippen LogP contribution is -3.15. The molecule has 1 aliphatic heterocycles. The molecule has 1 amide bonds. The summed E-state index contributed by atoms with van der Waals surface area (Å²) in [4.78, 5) is 19.1. The van der Waals surface area contributed by atoms with Gasteiger partial charge in [0, 0.05) is 6.07 Å². The Balaban J connectivity index is 1.51. The number of hydrogen-bond acceptors (Lipinski definition) is 2. The number of rotatable bonds is 4. The van der Waals surface area contributed by atoms with Gasteiger partial charge in [-0.3, -0.25) is 9.69 Å². The third-order valence-corrected chi connectivity index (χ3v) is 4.96. The molecule has 2 aromatic rings. The molecular formula is C17H20Cl2N4O+2. The van der Waals surface area contributed by atoms with E-state index < -0.39 is 0 Å². The largest absolute Gasteiger partial charge is 0.321 e. The summed E-state index contributed by atoms with van der Waals surface area (Å²) in [5.74, 6) is 1.07. The Morgan fingerprint density at radius 3 is 2.67 bits per heavy atom. The number of aromatic amines is 1. The Hall–Kier alpha value is -1.82. The number of carbonyl (C=O) groups is 1. The molecule has 3 rings (SSSR count). The van der Waals surface area contributed by atoms with Crippen LogP contribution in [0.5, 0.6) is 0 Å². The first-order valence-corrected chi connectivity index (χ1v) is 8.68. The van der Waals surface area contributed by atoms with Crippen molar-refractivity contribution in [2.24, 2.45) is 0 Å². The predicted molar refractivity (Wildman–Crippen MR) is 95.9 cm³/mol. The first-order chi connectivity index (χ1) is 11.6. The molecular weight excluding hydrogens is 347 g/mol. The third-order valence-electron chi connectivity index (χ3n) is 4.14. The maximum absolute atomic E-state index is 12.2. The molecule has 1 saturated heterocycles. The van der Waals surface area contributed by atoms with Crippen LogP contribution < -0.4 is 20.1 Å². The number of halogens is 2. The van der Waals surface area contributed by atoms with Crippen LogP contribution in [0.1, 0.15) is 0 Å². The van der Waals surface area contributed by atoms with Gasteiger partial charge < -0.3 is 10.2 Å². The van der Waals surface area contributed by atoms with Gasteiger partial charge in [-0.1, -0.05) is 35.3 Å². The summed E-state index contributed by atoms with van der Waals surface area (Å²) in [6.45, 7) is 4.09. The molecule has 0 atom stereocenters. The molecule has 5 nitrogen and oxygen atoms in total. The minimum absolute atomic E-state index is 0.0473. The quantitative estimate of drug-likeness (QED) is 0.852. The average molecular weight is 367 g/mol. The number of anilines is 2. The van der Waals surface area contributed by atoms with Crippen molar-refractivity contribution in [1.29, 1.82) is 0 Å². The number of nitrogens with zero attached hydrogens (tertiary/aromatic N) is 1. The van der Waals surface area contributed by atoms with Gasteiger partial charge in [0.25, 0.3) is 11.7 Å². The van der Waals surface area contributed by atoms with Crippen LogP contribution in [-0.2, 0) is 4.79 Å². The number of aromatic nitrogens is 1. The minimum atomic E-state index is -0.0473. The van der Waals surface area contributed by atoms with Gasteiger partial charge in [0.15, 0.2) is 6.54 Å². The summed E-state index contributed by atoms with van der Waals surface area (Å²) < 4.78 is 0. The van der Waals surface area contributed by atoms with Crippen molar-refractivity contribution in [2.45, 2.75) is 0 Å². The van der Waals surface area contributed by atoms with Gasteiger partial charge >= 0.3 is 0 Å². The highest BCUT2D eigenvalue weighted by Crippen LogP contribution is 2.29. The lowest BCUT2D eigenvalue weighted by molar-refractivity contribution is -0.892. The normalized spacial score (nSPS) is 15.3. The zero-order valence-corrected chi connectivity index (χ0v) is 14.7. The first kappa shape index (κ1) is 17.0. The van der Waals surface area contributed by atoms with Crippen LogP contribution in [0.25, 0.3) is 0 Å². The molecule has 0 aliphatic carbocycles. The second-order valence-corrected chi connectivity index (χ2v) is 6.60. The fraction of sp³-hybridized carbons (Fsp3) is 0.294. The molecule has 24 heavy (non-hydrogen) atoms. The van der Waals surface area contributed by atoms with Crippen molar-refractivity contribution < 1.29 is 14.7 Å². The number of quaternary nitrogens is 1. The van der Waals surface area contributed by atoms with E-state index in [0.717, 1.165) is 32.0 Å². The molecule has 7 heteroatoms. The van der Waals surface area contributed by atoms with Crippen molar-refractivity contribution in [1.82, 2.24) is 0 Å². The van der Waals surface area contributed by atoms with E-state index in [2.05, 4.69) is 21.3 Å². The molecule has 126 valence electrons. The topological polar surface area (TPSA) is 50.9 Å². The van der Waals surface area contributed by atoms with Gasteiger partial charge in [0.2, 0.25) is 0 Å². The zero-order chi connectivity index (χ0) is 16.9. The Bertz CT molecular complexity index is 703. The van der Waals surface area contributed by atoms with Crippen molar-refractivity contribution in [3.63, 3.8) is 0 Å². The van der Waals surface area contributed by atoms with E-state index in [4.69, 9.17) is 23.2 Å². The second kappa shape index (κ2) is 7.83. The average Bonchev–Trinajstić information content (AvgIpc) is 2.60. The number of piperazine rings is 1. The summed E-state index contributed by atoms with van der Waals surface area (Å²) in [6.07, 6.45) is 1.93. The molecule has 0 saturated carbocycles. The van der Waals surface area contributed by atoms with E-state index in [9.17, 15) is 4.79 Å². The molecule has 0 radical (unpaired) electrons. The van der Waals surface area contributed by atoms with Crippen LogP contribution in [0, 0.1) is 0 Å². The van der Waals surface area contributed by atoms with E-state index in [1.165, 1.54) is 4.90 Å². The van der Waals surface area contributed by atoms with Crippen LogP contribution in [0.15, 0.2) is 42.6 Å². The number of carbonyl (C=O) groups excluding carboxylic acids is 1. The molecule has 0 spiro atoms. The van der Waals surface area contributed by atoms with Gasteiger partial charge in [-0.15, -0.1) is 0 Å². The maximum atomic E-state index is 12.2. The Labute approximate surface area is 151 Å². The highest BCUT2D eigenvalue weighted by atomic mass is 35.5. The highest BCUT2D eigenvalue weighted by molar-refractivity contribution is 6.43. The van der Waals surface area contributed by atoms with Gasteiger partial charge in [-0.25, -0.2) is 4.98 Å². The van der Waals surface area contributed by atoms with E-state index >= 15 is 0 Å². The van der Waals surface area contributed by atoms with E-state index in [-0.39, 0.29) is 5.91 Å². The van der Waals surface area contributed by atoms with Crippen LogP contribution in [-0.4, -0.2) is 38.6 Å². The van der Waals surface area contributed by atoms with Crippen molar-refractivity contribution in [3.05, 3.63) is 52.6 Å². The predicted octanol–water partition coefficient (Wildman–Crippen LogP) is 1.15. The Kier molecular flexibility index (Phi) is 5.56. The van der Waals surface area contributed by atoms with Gasteiger partial charge in [0.1, 0.15) is 26.2 Å². The summed E-state index contributed by atoms with van der Waals surface area (Å²) in [7, 11) is 0. The molecule has 1 aliphatic rings. The molecule has 1 fully saturated rings. The van der Waals surface area contributed by atoms with E-state index in [1.807, 2.05) is 18.3 Å². The lowest BCUT2D eigenvalue weighted by atomic mass is 10.3. The smallest absolute Gasteiger partial charge is 0.279 e. The Morgan fingerprint density at radius 2 is 1.96 bits per heavy atom. The number of H-pyrrole nitrogens is 1. The van der Waals surface area contributed by atoms with Crippen LogP contribution in [0.2, 0.25) is 10.0 Å². The lowest BCUT2D eigenvalue weighted by Gasteiger charge is -2.27. The molecule has 0 bridgehead atoms. The van der Waals surface area contributed by atoms with Crippen LogP contribution >= 0.6 is 23.2 Å². The number of pyridine rings is 1. The molecule has 3 N–H and O–H groups in total. The molecule has 0 unspecified atom stereocenters. The van der Waals surface area contributed by atoms with E-state index in [0.29, 0.717) is 22.3 Å². The highest BCUT2D eigenvalue weighted by Gasteiger charge is 2.27. The maximum Gasteiger partial charge on any atom is 0.279 e. The third kappa shape index (κ3) is 4.17. The fourth-order valence-corrected chi connectivity index (χ4v) is 3.19. The summed E-state index contributed by atoms with van der Waals surface area (Å²) in [6, 6.07) is 11.3. The first-order valence-electron chi connectivity index (χ1n) is 7.92. The van der Waals surface area contributed by atoms with Gasteiger partial charge in [0.05, 0.1) is 21.9 Å². The number of benzene rings is 1. The van der Waals surface area contributed by atoms with E-state index in [1.54, 1.807) is 18.2 Å². The SMILES string of the molecule is O=C(C[NH+]1CCN(c2cccc[nH+]2)CC1)Nc1cccc(Cl)c1Cl. The van der Waals surface area contributed by atoms with Gasteiger partial charge in [-0.2, -0.15) is 0 Å². The monoisotopic (exact) mass is 366 g/mol. The Morgan fingerprint density at radius 1 is 1.17 bits per heavy atom. The molecule has 1 aromatic carbocycles. The van der Waals surface area contributed by atoms with Gasteiger partial charge in [-0.05, 0) is 18.2 Å². The summed E-state index contributed by atoms with van der Waals surface area (Å²) in [5.41, 5.74) is 0.561. The van der Waals surface area contributed by atoms with Crippen molar-refractivity contribution in [3.8, 4) is 0 Å². The van der Waals surface area contributed by atoms with Crippen molar-refractivity contribution in [2.75, 3.05) is 42.9 Å². The summed E-state index contributed by atoms with van der Waals surface area (Å²) in [5, 5.41) is 3.67. The van der Waals surface area contributed by atoms with Crippen molar-refractivity contribution >= 4 is 40.6 Å².